The van der Waals surface area contributed by atoms with Crippen molar-refractivity contribution >= 4 is 40.6 Å². The molecule has 0 aliphatic rings. The van der Waals surface area contributed by atoms with E-state index in [0.717, 1.165) is 16.5 Å². The number of nitrogens with zero attached hydrogens (tertiary/aromatic N) is 1. The number of hydrogen-bond donors (Lipinski definition) is 10. The van der Waals surface area contributed by atoms with Gasteiger partial charge in [-0.15, -0.1) is 0 Å². The van der Waals surface area contributed by atoms with Gasteiger partial charge in [-0.3, -0.25) is 19.4 Å². The van der Waals surface area contributed by atoms with Crippen molar-refractivity contribution in [2.75, 3.05) is 13.1 Å². The van der Waals surface area contributed by atoms with E-state index in [0.29, 0.717) is 25.8 Å². The summed E-state index contributed by atoms with van der Waals surface area (Å²) in [6.45, 7) is 1.83. The van der Waals surface area contributed by atoms with E-state index in [-0.39, 0.29) is 31.8 Å². The molecule has 0 aliphatic carbocycles. The Bertz CT molecular complexity index is 1230. The summed E-state index contributed by atoms with van der Waals surface area (Å²) in [7, 11) is 0. The predicted molar refractivity (Wildman–Crippen MR) is 158 cm³/mol. The maximum atomic E-state index is 13.6. The number of aliphatic imine (C=N–C) groups is 1. The molecule has 2 aromatic rings. The van der Waals surface area contributed by atoms with E-state index in [1.54, 1.807) is 6.20 Å². The van der Waals surface area contributed by atoms with Gasteiger partial charge in [0.1, 0.15) is 12.1 Å². The molecule has 0 saturated heterocycles. The number of rotatable bonds is 18. The van der Waals surface area contributed by atoms with Crippen LogP contribution >= 0.6 is 0 Å². The van der Waals surface area contributed by atoms with Crippen LogP contribution in [0.15, 0.2) is 35.5 Å². The van der Waals surface area contributed by atoms with Gasteiger partial charge in [-0.25, -0.2) is 4.79 Å². The molecular weight excluding hydrogens is 546 g/mol. The van der Waals surface area contributed by atoms with Gasteiger partial charge < -0.3 is 54.1 Å². The van der Waals surface area contributed by atoms with E-state index in [1.807, 2.05) is 24.3 Å². The average molecular weight is 590 g/mol. The van der Waals surface area contributed by atoms with Crippen molar-refractivity contribution in [2.24, 2.45) is 27.9 Å². The molecule has 2 rings (SSSR count). The third kappa shape index (κ3) is 10.6. The van der Waals surface area contributed by atoms with Crippen LogP contribution in [0.3, 0.4) is 0 Å². The highest BCUT2D eigenvalue weighted by molar-refractivity contribution is 5.95. The van der Waals surface area contributed by atoms with Crippen LogP contribution in [0.5, 0.6) is 0 Å². The van der Waals surface area contributed by atoms with Gasteiger partial charge in [0, 0.05) is 30.1 Å². The lowest BCUT2D eigenvalue weighted by atomic mass is 10.0. The van der Waals surface area contributed by atoms with Gasteiger partial charge in [0.2, 0.25) is 17.7 Å². The number of nitrogens with one attached hydrogen (secondary N) is 4. The van der Waals surface area contributed by atoms with Gasteiger partial charge in [-0.1, -0.05) is 24.6 Å². The molecule has 0 bridgehead atoms. The molecule has 0 fully saturated rings. The largest absolute Gasteiger partial charge is 0.480 e. The number of carbonyl (C=O) groups is 4. The number of aliphatic hydroxyl groups excluding tert-OH is 1. The van der Waals surface area contributed by atoms with Gasteiger partial charge in [0.15, 0.2) is 12.0 Å². The molecule has 0 radical (unpaired) electrons. The Kier molecular flexibility index (Phi) is 13.7. The summed E-state index contributed by atoms with van der Waals surface area (Å²) < 4.78 is 0. The van der Waals surface area contributed by atoms with E-state index in [1.165, 1.54) is 6.92 Å². The number of aromatic nitrogens is 1. The number of H-pyrrole nitrogens is 1. The lowest BCUT2D eigenvalue weighted by molar-refractivity contribution is -0.145. The van der Waals surface area contributed by atoms with E-state index in [9.17, 15) is 29.4 Å². The van der Waals surface area contributed by atoms with Crippen LogP contribution in [-0.2, 0) is 25.6 Å². The molecule has 1 aromatic carbocycles. The molecule has 232 valence electrons. The number of unbranched alkanes of at least 4 members (excludes halogenated alkanes) is 1. The molecule has 14 N–H and O–H groups in total. The molecule has 0 spiro atoms. The number of hydrogen-bond acceptors (Lipinski definition) is 8. The molecular formula is C27H43N9O6. The second-order valence-electron chi connectivity index (χ2n) is 10.1. The minimum Gasteiger partial charge on any atom is -0.480 e. The summed E-state index contributed by atoms with van der Waals surface area (Å²) in [5, 5.41) is 27.7. The van der Waals surface area contributed by atoms with E-state index in [2.05, 4.69) is 25.9 Å². The summed E-state index contributed by atoms with van der Waals surface area (Å²) in [4.78, 5) is 58.3. The number of aromatic amines is 1. The van der Waals surface area contributed by atoms with Crippen molar-refractivity contribution in [1.82, 2.24) is 20.9 Å². The zero-order valence-electron chi connectivity index (χ0n) is 23.7. The SMILES string of the molecule is CC(O)C(NC(=O)C(CCCN=C(N)N)NC(=O)C(Cc1c[nH]c2ccccc12)NC(=O)C(N)CCCCN)C(=O)O. The quantitative estimate of drug-likeness (QED) is 0.0526. The van der Waals surface area contributed by atoms with Gasteiger partial charge in [0.05, 0.1) is 12.1 Å². The molecule has 1 aromatic heterocycles. The topological polar surface area (TPSA) is 277 Å². The minimum atomic E-state index is -1.61. The van der Waals surface area contributed by atoms with Crippen molar-refractivity contribution in [1.29, 1.82) is 0 Å². The summed E-state index contributed by atoms with van der Waals surface area (Å²) in [6.07, 6.45) is 2.40. The number of guanidine groups is 1. The lowest BCUT2D eigenvalue weighted by Gasteiger charge is -2.26. The molecule has 0 aliphatic heterocycles. The highest BCUT2D eigenvalue weighted by Crippen LogP contribution is 2.19. The summed E-state index contributed by atoms with van der Waals surface area (Å²) in [5.41, 5.74) is 23.9. The normalized spacial score (nSPS) is 14.7. The number of benzene rings is 1. The molecule has 3 amide bonds. The minimum absolute atomic E-state index is 0.0346. The second kappa shape index (κ2) is 16.9. The zero-order chi connectivity index (χ0) is 31.2. The summed E-state index contributed by atoms with van der Waals surface area (Å²) in [5.74, 6) is -3.66. The fourth-order valence-corrected chi connectivity index (χ4v) is 4.34. The summed E-state index contributed by atoms with van der Waals surface area (Å²) >= 11 is 0. The molecule has 0 saturated carbocycles. The van der Waals surface area contributed by atoms with Crippen molar-refractivity contribution in [3.8, 4) is 0 Å². The van der Waals surface area contributed by atoms with Crippen LogP contribution in [0.1, 0.15) is 44.6 Å². The number of carboxylic acid groups (broad SMARTS) is 1. The third-order valence-electron chi connectivity index (χ3n) is 6.66. The first-order chi connectivity index (χ1) is 19.9. The second-order valence-corrected chi connectivity index (χ2v) is 10.1. The number of nitrogens with two attached hydrogens (primary N) is 4. The van der Waals surface area contributed by atoms with Crippen molar-refractivity contribution < 1.29 is 29.4 Å². The van der Waals surface area contributed by atoms with E-state index < -0.39 is 54.0 Å². The van der Waals surface area contributed by atoms with Crippen LogP contribution in [0, 0.1) is 0 Å². The van der Waals surface area contributed by atoms with Crippen LogP contribution in [-0.4, -0.2) is 88.2 Å². The Hall–Kier alpha value is -4.21. The van der Waals surface area contributed by atoms with Crippen LogP contribution in [0.2, 0.25) is 0 Å². The Morgan fingerprint density at radius 3 is 2.26 bits per heavy atom. The standard InChI is InChI=1S/C27H43N9O6/c1-15(37)22(26(41)42)36-24(39)20(10-6-12-32-27(30)31)34-25(40)21(35-23(38)18(29)8-4-5-11-28)13-16-14-33-19-9-3-2-7-17(16)19/h2-3,7,9,14-15,18,20-22,33,37H,4-6,8,10-13,28-29H2,1H3,(H,34,40)(H,35,38)(H,36,39)(H,41,42)(H4,30,31,32). The average Bonchev–Trinajstić information content (AvgIpc) is 3.34. The molecule has 15 nitrogen and oxygen atoms in total. The van der Waals surface area contributed by atoms with Gasteiger partial charge in [0.25, 0.3) is 0 Å². The van der Waals surface area contributed by atoms with Crippen molar-refractivity contribution in [3.63, 3.8) is 0 Å². The molecule has 42 heavy (non-hydrogen) atoms. The Morgan fingerprint density at radius 2 is 1.62 bits per heavy atom. The molecule has 1 heterocycles. The first-order valence-electron chi connectivity index (χ1n) is 13.8. The zero-order valence-corrected chi connectivity index (χ0v) is 23.7. The number of aliphatic carboxylic acids is 1. The predicted octanol–water partition coefficient (Wildman–Crippen LogP) is -1.86. The molecule has 5 atom stereocenters. The highest BCUT2D eigenvalue weighted by Gasteiger charge is 2.32. The smallest absolute Gasteiger partial charge is 0.328 e. The lowest BCUT2D eigenvalue weighted by Crippen LogP contribution is -2.58. The van der Waals surface area contributed by atoms with Gasteiger partial charge in [-0.05, 0) is 50.8 Å². The first kappa shape index (κ1) is 34.0. The fourth-order valence-electron chi connectivity index (χ4n) is 4.34. The number of aliphatic hydroxyl groups is 1. The van der Waals surface area contributed by atoms with E-state index in [4.69, 9.17) is 22.9 Å². The monoisotopic (exact) mass is 589 g/mol. The van der Waals surface area contributed by atoms with Gasteiger partial charge >= 0.3 is 5.97 Å². The number of amides is 3. The van der Waals surface area contributed by atoms with Crippen LogP contribution in [0.25, 0.3) is 10.9 Å². The Labute approximate surface area is 243 Å². The maximum Gasteiger partial charge on any atom is 0.328 e. The Balaban J connectivity index is 2.30. The number of carbonyl (C=O) groups excluding carboxylic acids is 3. The third-order valence-corrected chi connectivity index (χ3v) is 6.66. The number of fused-ring (bicyclic) bond motifs is 1. The van der Waals surface area contributed by atoms with E-state index >= 15 is 0 Å². The van der Waals surface area contributed by atoms with Crippen molar-refractivity contribution in [2.45, 2.75) is 75.7 Å². The van der Waals surface area contributed by atoms with Crippen LogP contribution in [0.4, 0.5) is 0 Å². The summed E-state index contributed by atoms with van der Waals surface area (Å²) in [6, 6.07) is 2.61. The van der Waals surface area contributed by atoms with Crippen LogP contribution < -0.4 is 38.9 Å². The number of carboxylic acids is 1. The highest BCUT2D eigenvalue weighted by atomic mass is 16.4. The molecule has 15 heteroatoms. The van der Waals surface area contributed by atoms with Crippen molar-refractivity contribution in [3.05, 3.63) is 36.0 Å². The van der Waals surface area contributed by atoms with Gasteiger partial charge in [-0.2, -0.15) is 0 Å². The molecule has 5 unspecified atom stereocenters. The Morgan fingerprint density at radius 1 is 0.952 bits per heavy atom. The first-order valence-corrected chi connectivity index (χ1v) is 13.8. The maximum absolute atomic E-state index is 13.6. The number of para-hydroxylation sites is 1. The fraction of sp³-hybridized carbons (Fsp3) is 0.519.